The van der Waals surface area contributed by atoms with Gasteiger partial charge in [-0.05, 0) is 18.8 Å². The third-order valence-electron chi connectivity index (χ3n) is 3.35. The van der Waals surface area contributed by atoms with Crippen molar-refractivity contribution < 1.29 is 9.59 Å². The van der Waals surface area contributed by atoms with Gasteiger partial charge in [-0.2, -0.15) is 0 Å². The summed E-state index contributed by atoms with van der Waals surface area (Å²) in [6, 6.07) is -0.223. The lowest BCUT2D eigenvalue weighted by molar-refractivity contribution is -0.117. The van der Waals surface area contributed by atoms with Gasteiger partial charge in [0, 0.05) is 6.04 Å². The number of hydrogen-bond donors (Lipinski definition) is 2. The first-order chi connectivity index (χ1) is 9.65. The monoisotopic (exact) mass is 314 g/mol. The molecule has 1 aromatic rings. The molecule has 8 heteroatoms. The van der Waals surface area contributed by atoms with Crippen molar-refractivity contribution in [3.8, 4) is 0 Å². The second kappa shape index (κ2) is 7.58. The molecule has 1 fully saturated rings. The Morgan fingerprint density at radius 1 is 1.45 bits per heavy atom. The third-order valence-corrected chi connectivity index (χ3v) is 5.21. The highest BCUT2D eigenvalue weighted by Crippen LogP contribution is 2.23. The summed E-state index contributed by atoms with van der Waals surface area (Å²) in [4.78, 5) is 23.4. The summed E-state index contributed by atoms with van der Waals surface area (Å²) < 4.78 is 0.724. The molecule has 0 spiro atoms. The lowest BCUT2D eigenvalue weighted by Crippen LogP contribution is -2.48. The van der Waals surface area contributed by atoms with E-state index in [4.69, 9.17) is 0 Å². The van der Waals surface area contributed by atoms with Crippen LogP contribution in [0.15, 0.2) is 9.85 Å². The fraction of sp³-hybridized carbons (Fsp3) is 0.667. The number of nitrogens with one attached hydrogen (secondary N) is 2. The van der Waals surface area contributed by atoms with Crippen molar-refractivity contribution in [2.75, 3.05) is 5.75 Å². The van der Waals surface area contributed by atoms with Gasteiger partial charge in [0.1, 0.15) is 5.51 Å². The van der Waals surface area contributed by atoms with E-state index in [9.17, 15) is 9.59 Å². The van der Waals surface area contributed by atoms with Crippen LogP contribution >= 0.6 is 23.1 Å². The summed E-state index contributed by atoms with van der Waals surface area (Å²) in [5, 5.41) is 12.7. The molecule has 0 aromatic carbocycles. The summed E-state index contributed by atoms with van der Waals surface area (Å²) >= 11 is 2.65. The first-order valence-corrected chi connectivity index (χ1v) is 8.51. The number of hydrogen-bond acceptors (Lipinski definition) is 6. The number of nitrogens with zero attached hydrogens (tertiary/aromatic N) is 2. The molecule has 1 aromatic heterocycles. The molecule has 20 heavy (non-hydrogen) atoms. The van der Waals surface area contributed by atoms with Gasteiger partial charge in [0.25, 0.3) is 0 Å². The average molecular weight is 314 g/mol. The van der Waals surface area contributed by atoms with Gasteiger partial charge < -0.3 is 5.32 Å². The predicted octanol–water partition coefficient (Wildman–Crippen LogP) is 2.03. The van der Waals surface area contributed by atoms with Crippen LogP contribution in [0.25, 0.3) is 0 Å². The molecule has 0 radical (unpaired) electrons. The molecule has 1 heterocycles. The van der Waals surface area contributed by atoms with Crippen molar-refractivity contribution in [1.82, 2.24) is 20.8 Å². The molecular weight excluding hydrogens is 296 g/mol. The van der Waals surface area contributed by atoms with Gasteiger partial charge in [-0.25, -0.2) is 4.79 Å². The van der Waals surface area contributed by atoms with Crippen molar-refractivity contribution in [2.45, 2.75) is 43.0 Å². The van der Waals surface area contributed by atoms with Gasteiger partial charge in [-0.3, -0.25) is 10.1 Å². The Bertz CT molecular complexity index is 452. The number of carbonyl (C=O) groups excluding carboxylic acids is 2. The minimum atomic E-state index is -0.397. The van der Waals surface area contributed by atoms with Crippen LogP contribution in [0.4, 0.5) is 4.79 Å². The van der Waals surface area contributed by atoms with Crippen LogP contribution < -0.4 is 10.6 Å². The number of amides is 3. The first-order valence-electron chi connectivity index (χ1n) is 6.64. The summed E-state index contributed by atoms with van der Waals surface area (Å²) in [5.74, 6) is 0.328. The zero-order chi connectivity index (χ0) is 14.4. The molecule has 1 saturated carbocycles. The van der Waals surface area contributed by atoms with Gasteiger partial charge >= 0.3 is 6.03 Å². The van der Waals surface area contributed by atoms with Crippen LogP contribution in [0.3, 0.4) is 0 Å². The van der Waals surface area contributed by atoms with E-state index in [-0.39, 0.29) is 17.7 Å². The smallest absolute Gasteiger partial charge is 0.321 e. The lowest BCUT2D eigenvalue weighted by Gasteiger charge is -2.29. The van der Waals surface area contributed by atoms with E-state index in [2.05, 4.69) is 27.8 Å². The molecular formula is C12H18N4O2S2. The summed E-state index contributed by atoms with van der Waals surface area (Å²) in [6.07, 6.45) is 4.47. The Morgan fingerprint density at radius 3 is 2.95 bits per heavy atom. The van der Waals surface area contributed by atoms with E-state index in [1.165, 1.54) is 29.5 Å². The fourth-order valence-corrected chi connectivity index (χ4v) is 3.54. The second-order valence-electron chi connectivity index (χ2n) is 4.88. The highest BCUT2D eigenvalue weighted by Gasteiger charge is 2.23. The van der Waals surface area contributed by atoms with Gasteiger partial charge in [0.05, 0.1) is 5.75 Å². The highest BCUT2D eigenvalue weighted by atomic mass is 32.2. The maximum absolute atomic E-state index is 11.8. The zero-order valence-electron chi connectivity index (χ0n) is 11.3. The number of urea groups is 1. The largest absolute Gasteiger partial charge is 0.335 e. The molecule has 2 rings (SSSR count). The lowest BCUT2D eigenvalue weighted by atomic mass is 9.86. The number of rotatable bonds is 4. The molecule has 110 valence electrons. The maximum atomic E-state index is 11.8. The predicted molar refractivity (Wildman–Crippen MR) is 78.7 cm³/mol. The minimum absolute atomic E-state index is 0.169. The standard InChI is InChI=1S/C12H18N4O2S2/c1-8-4-2-3-5-9(8)14-11(18)15-10(17)6-19-12-16-13-7-20-12/h7-9H,2-6H2,1H3,(H2,14,15,17,18). The van der Waals surface area contributed by atoms with E-state index < -0.39 is 6.03 Å². The number of aromatic nitrogens is 2. The van der Waals surface area contributed by atoms with Crippen LogP contribution in [0.1, 0.15) is 32.6 Å². The van der Waals surface area contributed by atoms with Gasteiger partial charge in [-0.1, -0.05) is 42.9 Å². The first kappa shape index (κ1) is 15.2. The average Bonchev–Trinajstić information content (AvgIpc) is 2.92. The molecule has 2 N–H and O–H groups in total. The molecule has 2 unspecified atom stereocenters. The van der Waals surface area contributed by atoms with Crippen LogP contribution in [0.5, 0.6) is 0 Å². The highest BCUT2D eigenvalue weighted by molar-refractivity contribution is 8.01. The second-order valence-corrected chi connectivity index (χ2v) is 6.94. The Morgan fingerprint density at radius 2 is 2.25 bits per heavy atom. The number of carbonyl (C=O) groups is 2. The molecule has 0 saturated heterocycles. The Balaban J connectivity index is 1.69. The third kappa shape index (κ3) is 4.75. The Labute approximate surface area is 126 Å². The number of imide groups is 1. The van der Waals surface area contributed by atoms with Gasteiger partial charge in [-0.15, -0.1) is 10.2 Å². The van der Waals surface area contributed by atoms with E-state index in [0.29, 0.717) is 5.92 Å². The molecule has 0 bridgehead atoms. The normalized spacial score (nSPS) is 22.2. The molecule has 3 amide bonds. The van der Waals surface area contributed by atoms with E-state index in [1.54, 1.807) is 5.51 Å². The van der Waals surface area contributed by atoms with E-state index >= 15 is 0 Å². The SMILES string of the molecule is CC1CCCCC1NC(=O)NC(=O)CSc1nncs1. The van der Waals surface area contributed by atoms with Crippen molar-refractivity contribution in [3.63, 3.8) is 0 Å². The number of thioether (sulfide) groups is 1. The van der Waals surface area contributed by atoms with Crippen LogP contribution in [-0.2, 0) is 4.79 Å². The summed E-state index contributed by atoms with van der Waals surface area (Å²) in [7, 11) is 0. The quantitative estimate of drug-likeness (QED) is 0.831. The van der Waals surface area contributed by atoms with Crippen molar-refractivity contribution in [1.29, 1.82) is 0 Å². The van der Waals surface area contributed by atoms with Crippen LogP contribution in [0.2, 0.25) is 0 Å². The molecule has 1 aliphatic rings. The molecule has 2 atom stereocenters. The van der Waals surface area contributed by atoms with Crippen molar-refractivity contribution in [2.24, 2.45) is 5.92 Å². The Kier molecular flexibility index (Phi) is 5.78. The van der Waals surface area contributed by atoms with E-state index in [1.807, 2.05) is 0 Å². The fourth-order valence-electron chi connectivity index (χ4n) is 2.25. The van der Waals surface area contributed by atoms with Crippen LogP contribution in [-0.4, -0.2) is 33.9 Å². The van der Waals surface area contributed by atoms with Crippen molar-refractivity contribution >= 4 is 35.0 Å². The van der Waals surface area contributed by atoms with Gasteiger partial charge in [0.15, 0.2) is 4.34 Å². The molecule has 1 aliphatic carbocycles. The van der Waals surface area contributed by atoms with Crippen molar-refractivity contribution in [3.05, 3.63) is 5.51 Å². The minimum Gasteiger partial charge on any atom is -0.335 e. The van der Waals surface area contributed by atoms with Crippen LogP contribution in [0, 0.1) is 5.92 Å². The molecule has 0 aliphatic heterocycles. The Hall–Kier alpha value is -1.15. The summed E-state index contributed by atoms with van der Waals surface area (Å²) in [6.45, 7) is 2.14. The van der Waals surface area contributed by atoms with E-state index in [0.717, 1.165) is 23.6 Å². The zero-order valence-corrected chi connectivity index (χ0v) is 12.9. The topological polar surface area (TPSA) is 84.0 Å². The van der Waals surface area contributed by atoms with Gasteiger partial charge in [0.2, 0.25) is 5.91 Å². The summed E-state index contributed by atoms with van der Waals surface area (Å²) in [5.41, 5.74) is 1.61. The molecule has 6 nitrogen and oxygen atoms in total. The maximum Gasteiger partial charge on any atom is 0.321 e.